The minimum Gasteiger partial charge on any atom is -0.496 e. The highest BCUT2D eigenvalue weighted by atomic mass is 16.5. The zero-order valence-electron chi connectivity index (χ0n) is 15.0. The molecule has 1 amide bonds. The molecule has 0 atom stereocenters. The second kappa shape index (κ2) is 8.21. The van der Waals surface area contributed by atoms with E-state index in [0.29, 0.717) is 12.1 Å². The van der Waals surface area contributed by atoms with Gasteiger partial charge < -0.3 is 15.0 Å². The molecule has 0 heterocycles. The fraction of sp³-hybridized carbons (Fsp3) is 0.136. The number of anilines is 2. The van der Waals surface area contributed by atoms with Gasteiger partial charge >= 0.3 is 0 Å². The van der Waals surface area contributed by atoms with Gasteiger partial charge in [-0.2, -0.15) is 0 Å². The van der Waals surface area contributed by atoms with E-state index in [4.69, 9.17) is 4.74 Å². The zero-order chi connectivity index (χ0) is 18.4. The first kappa shape index (κ1) is 17.5. The molecule has 0 aliphatic rings. The number of methoxy groups -OCH3 is 1. The second-order valence-electron chi connectivity index (χ2n) is 6.01. The average Bonchev–Trinajstić information content (AvgIpc) is 2.69. The summed E-state index contributed by atoms with van der Waals surface area (Å²) in [5.41, 5.74) is 3.34. The van der Waals surface area contributed by atoms with Crippen LogP contribution in [0, 0.1) is 0 Å². The lowest BCUT2D eigenvalue weighted by atomic mass is 10.1. The molecule has 0 bridgehead atoms. The van der Waals surface area contributed by atoms with Gasteiger partial charge in [0.2, 0.25) is 0 Å². The number of carbonyl (C=O) groups is 1. The number of ether oxygens (including phenoxy) is 1. The first-order chi connectivity index (χ1) is 12.7. The molecule has 0 fully saturated rings. The molecule has 3 aromatic carbocycles. The van der Waals surface area contributed by atoms with Crippen LogP contribution in [0.1, 0.15) is 15.9 Å². The Hall–Kier alpha value is -3.27. The first-order valence-corrected chi connectivity index (χ1v) is 8.47. The van der Waals surface area contributed by atoms with Gasteiger partial charge in [-0.05, 0) is 30.3 Å². The predicted octanol–water partition coefficient (Wildman–Crippen LogP) is 4.71. The van der Waals surface area contributed by atoms with Crippen LogP contribution in [-0.4, -0.2) is 25.0 Å². The van der Waals surface area contributed by atoms with E-state index in [9.17, 15) is 4.79 Å². The highest BCUT2D eigenvalue weighted by Crippen LogP contribution is 2.24. The number of carbonyl (C=O) groups excluding carboxylic acids is 1. The number of benzene rings is 3. The zero-order valence-corrected chi connectivity index (χ0v) is 15.0. The number of para-hydroxylation sites is 3. The van der Waals surface area contributed by atoms with Crippen LogP contribution in [0.25, 0.3) is 0 Å². The fourth-order valence-corrected chi connectivity index (χ4v) is 2.82. The van der Waals surface area contributed by atoms with Crippen LogP contribution >= 0.6 is 0 Å². The van der Waals surface area contributed by atoms with E-state index in [-0.39, 0.29) is 5.91 Å². The Morgan fingerprint density at radius 3 is 2.35 bits per heavy atom. The van der Waals surface area contributed by atoms with Crippen molar-refractivity contribution < 1.29 is 9.53 Å². The van der Waals surface area contributed by atoms with E-state index >= 15 is 0 Å². The molecule has 4 nitrogen and oxygen atoms in total. The number of hydrogen-bond acceptors (Lipinski definition) is 3. The normalized spacial score (nSPS) is 10.2. The maximum Gasteiger partial charge on any atom is 0.256 e. The highest BCUT2D eigenvalue weighted by Gasteiger charge is 2.17. The standard InChI is InChI=1S/C22H22N2O2/c1-24(16-17-10-6-9-15-21(17)26-2)22(25)19-13-7-8-14-20(19)23-18-11-4-3-5-12-18/h3-15,23H,16H2,1-2H3. The molecule has 1 N–H and O–H groups in total. The van der Waals surface area contributed by atoms with Crippen molar-refractivity contribution in [3.63, 3.8) is 0 Å². The van der Waals surface area contributed by atoms with Gasteiger partial charge in [0.15, 0.2) is 0 Å². The molecule has 0 unspecified atom stereocenters. The Morgan fingerprint density at radius 1 is 0.923 bits per heavy atom. The maximum absolute atomic E-state index is 13.0. The van der Waals surface area contributed by atoms with Crippen molar-refractivity contribution in [2.45, 2.75) is 6.54 Å². The lowest BCUT2D eigenvalue weighted by Crippen LogP contribution is -2.27. The van der Waals surface area contributed by atoms with E-state index < -0.39 is 0 Å². The third-order valence-electron chi connectivity index (χ3n) is 4.16. The molecule has 3 rings (SSSR count). The summed E-state index contributed by atoms with van der Waals surface area (Å²) in [5, 5.41) is 3.32. The minimum atomic E-state index is -0.0464. The third kappa shape index (κ3) is 4.03. The molecule has 0 saturated heterocycles. The quantitative estimate of drug-likeness (QED) is 0.703. The molecular formula is C22H22N2O2. The summed E-state index contributed by atoms with van der Waals surface area (Å²) in [6.07, 6.45) is 0. The molecule has 0 aliphatic carbocycles. The van der Waals surface area contributed by atoms with Gasteiger partial charge in [-0.25, -0.2) is 0 Å². The smallest absolute Gasteiger partial charge is 0.256 e. The van der Waals surface area contributed by atoms with E-state index in [2.05, 4.69) is 5.32 Å². The van der Waals surface area contributed by atoms with Crippen LogP contribution in [0.5, 0.6) is 5.75 Å². The van der Waals surface area contributed by atoms with Gasteiger partial charge in [0, 0.05) is 24.8 Å². The molecule has 132 valence electrons. The summed E-state index contributed by atoms with van der Waals surface area (Å²) < 4.78 is 5.38. The highest BCUT2D eigenvalue weighted by molar-refractivity contribution is 6.00. The number of amides is 1. The van der Waals surface area contributed by atoms with E-state index in [1.54, 1.807) is 19.1 Å². The largest absolute Gasteiger partial charge is 0.496 e. The lowest BCUT2D eigenvalue weighted by molar-refractivity contribution is 0.0785. The number of hydrogen-bond donors (Lipinski definition) is 1. The van der Waals surface area contributed by atoms with Crippen LogP contribution < -0.4 is 10.1 Å². The van der Waals surface area contributed by atoms with Gasteiger partial charge in [-0.15, -0.1) is 0 Å². The summed E-state index contributed by atoms with van der Waals surface area (Å²) >= 11 is 0. The summed E-state index contributed by atoms with van der Waals surface area (Å²) in [5.74, 6) is 0.734. The molecule has 26 heavy (non-hydrogen) atoms. The number of nitrogens with one attached hydrogen (secondary N) is 1. The number of nitrogens with zero attached hydrogens (tertiary/aromatic N) is 1. The van der Waals surface area contributed by atoms with E-state index in [1.165, 1.54) is 0 Å². The third-order valence-corrected chi connectivity index (χ3v) is 4.16. The topological polar surface area (TPSA) is 41.6 Å². The predicted molar refractivity (Wildman–Crippen MR) is 105 cm³/mol. The lowest BCUT2D eigenvalue weighted by Gasteiger charge is -2.21. The first-order valence-electron chi connectivity index (χ1n) is 8.47. The van der Waals surface area contributed by atoms with Gasteiger partial charge in [-0.1, -0.05) is 48.5 Å². The van der Waals surface area contributed by atoms with Crippen molar-refractivity contribution in [2.24, 2.45) is 0 Å². The molecule has 4 heteroatoms. The monoisotopic (exact) mass is 346 g/mol. The molecule has 0 saturated carbocycles. The number of rotatable bonds is 6. The van der Waals surface area contributed by atoms with Crippen molar-refractivity contribution in [2.75, 3.05) is 19.5 Å². The van der Waals surface area contributed by atoms with Crippen molar-refractivity contribution >= 4 is 17.3 Å². The average molecular weight is 346 g/mol. The Kier molecular flexibility index (Phi) is 5.54. The van der Waals surface area contributed by atoms with Crippen molar-refractivity contribution in [1.82, 2.24) is 4.90 Å². The Labute approximate surface area is 154 Å². The fourth-order valence-electron chi connectivity index (χ4n) is 2.82. The van der Waals surface area contributed by atoms with Crippen molar-refractivity contribution in [3.05, 3.63) is 90.0 Å². The molecule has 0 spiro atoms. The van der Waals surface area contributed by atoms with Crippen LogP contribution in [0.3, 0.4) is 0 Å². The maximum atomic E-state index is 13.0. The molecule has 3 aromatic rings. The SMILES string of the molecule is COc1ccccc1CN(C)C(=O)c1ccccc1Nc1ccccc1. The van der Waals surface area contributed by atoms with Gasteiger partial charge in [-0.3, -0.25) is 4.79 Å². The minimum absolute atomic E-state index is 0.0464. The molecule has 0 radical (unpaired) electrons. The molecule has 0 aromatic heterocycles. The van der Waals surface area contributed by atoms with Crippen LogP contribution in [0.4, 0.5) is 11.4 Å². The van der Waals surface area contributed by atoms with Crippen molar-refractivity contribution in [1.29, 1.82) is 0 Å². The van der Waals surface area contributed by atoms with Gasteiger partial charge in [0.25, 0.3) is 5.91 Å². The van der Waals surface area contributed by atoms with E-state index in [0.717, 1.165) is 22.7 Å². The van der Waals surface area contributed by atoms with Gasteiger partial charge in [0.1, 0.15) is 5.75 Å². The Bertz CT molecular complexity index is 878. The molecular weight excluding hydrogens is 324 g/mol. The summed E-state index contributed by atoms with van der Waals surface area (Å²) in [7, 11) is 3.44. The summed E-state index contributed by atoms with van der Waals surface area (Å²) in [6, 6.07) is 25.1. The second-order valence-corrected chi connectivity index (χ2v) is 6.01. The molecule has 0 aliphatic heterocycles. The van der Waals surface area contributed by atoms with E-state index in [1.807, 2.05) is 78.9 Å². The Morgan fingerprint density at radius 2 is 1.58 bits per heavy atom. The Balaban J connectivity index is 1.81. The summed E-state index contributed by atoms with van der Waals surface area (Å²) in [6.45, 7) is 0.475. The van der Waals surface area contributed by atoms with Crippen LogP contribution in [0.15, 0.2) is 78.9 Å². The van der Waals surface area contributed by atoms with Crippen molar-refractivity contribution in [3.8, 4) is 5.75 Å². The van der Waals surface area contributed by atoms with Crippen LogP contribution in [0.2, 0.25) is 0 Å². The summed E-state index contributed by atoms with van der Waals surface area (Å²) in [4.78, 5) is 14.7. The van der Waals surface area contributed by atoms with Crippen LogP contribution in [-0.2, 0) is 6.54 Å². The van der Waals surface area contributed by atoms with Gasteiger partial charge in [0.05, 0.1) is 18.4 Å².